The maximum absolute atomic E-state index is 13.1. The molecule has 0 unspecified atom stereocenters. The second kappa shape index (κ2) is 10.6. The Morgan fingerprint density at radius 2 is 0.969 bits per heavy atom. The first-order chi connectivity index (χ1) is 15.1. The van der Waals surface area contributed by atoms with Crippen LogP contribution in [0.1, 0.15) is 70.6 Å². The van der Waals surface area contributed by atoms with Crippen LogP contribution in [0.5, 0.6) is 0 Å². The molecule has 0 bridgehead atoms. The summed E-state index contributed by atoms with van der Waals surface area (Å²) >= 11 is 6.38. The number of allylic oxidation sites excluding steroid dienone is 4. The fourth-order valence-corrected chi connectivity index (χ4v) is 9.85. The highest BCUT2D eigenvalue weighted by Crippen LogP contribution is 2.63. The molecule has 0 atom stereocenters. The number of hydrogen-bond donors (Lipinski definition) is 2. The molecule has 3 aliphatic rings. The van der Waals surface area contributed by atoms with Crippen molar-refractivity contribution in [3.8, 4) is 0 Å². The summed E-state index contributed by atoms with van der Waals surface area (Å²) < 4.78 is 52.6. The highest BCUT2D eigenvalue weighted by molar-refractivity contribution is 9.14. The van der Waals surface area contributed by atoms with Crippen molar-refractivity contribution in [1.29, 1.82) is 0 Å². The van der Waals surface area contributed by atoms with Gasteiger partial charge in [-0.1, -0.05) is 44.9 Å². The molecule has 6 nitrogen and oxygen atoms in total. The predicted molar refractivity (Wildman–Crippen MR) is 137 cm³/mol. The number of hydrogen-bond acceptors (Lipinski definition) is 6. The summed E-state index contributed by atoms with van der Waals surface area (Å²) in [6.07, 6.45) is 13.6. The van der Waals surface area contributed by atoms with E-state index in [0.29, 0.717) is 24.2 Å². The van der Waals surface area contributed by atoms with E-state index in [1.165, 1.54) is 0 Å². The fourth-order valence-electron chi connectivity index (χ4n) is 5.03. The van der Waals surface area contributed by atoms with Crippen LogP contribution in [0.3, 0.4) is 0 Å². The van der Waals surface area contributed by atoms with Crippen molar-refractivity contribution in [3.63, 3.8) is 0 Å². The third-order valence-electron chi connectivity index (χ3n) is 6.66. The van der Waals surface area contributed by atoms with Crippen LogP contribution in [0, 0.1) is 5.41 Å². The lowest BCUT2D eigenvalue weighted by Crippen LogP contribution is -2.23. The first-order valence-electron chi connectivity index (χ1n) is 11.3. The van der Waals surface area contributed by atoms with Gasteiger partial charge in [0.1, 0.15) is 7.63 Å². The summed E-state index contributed by atoms with van der Waals surface area (Å²) in [6.45, 7) is 1.34. The molecule has 180 valence electrons. The van der Waals surface area contributed by atoms with Crippen LogP contribution in [0.25, 0.3) is 0 Å². The highest BCUT2D eigenvalue weighted by atomic mass is 79.9. The van der Waals surface area contributed by atoms with Gasteiger partial charge in [0, 0.05) is 5.41 Å². The van der Waals surface area contributed by atoms with Crippen LogP contribution in [0.15, 0.2) is 40.7 Å². The Kier molecular flexibility index (Phi) is 8.69. The number of unbranched alkanes of at least 4 members (excludes halogenated alkanes) is 7. The maximum Gasteiger partial charge on any atom is 0.214 e. The largest absolute Gasteiger partial charge is 0.330 e. The minimum Gasteiger partial charge on any atom is -0.330 e. The van der Waals surface area contributed by atoms with Gasteiger partial charge >= 0.3 is 0 Å². The molecule has 0 aromatic heterocycles. The monoisotopic (exact) mass is 610 g/mol. The van der Waals surface area contributed by atoms with Gasteiger partial charge in [-0.05, 0) is 93.9 Å². The summed E-state index contributed by atoms with van der Waals surface area (Å²) in [5.74, 6) is 0. The number of rotatable bonds is 13. The van der Waals surface area contributed by atoms with E-state index in [0.717, 1.165) is 70.6 Å². The smallest absolute Gasteiger partial charge is 0.214 e. The van der Waals surface area contributed by atoms with E-state index in [2.05, 4.69) is 31.9 Å². The van der Waals surface area contributed by atoms with Gasteiger partial charge in [0.05, 0.1) is 9.81 Å². The molecule has 1 aliphatic carbocycles. The van der Waals surface area contributed by atoms with Crippen LogP contribution >= 0.6 is 31.9 Å². The Morgan fingerprint density at radius 1 is 0.625 bits per heavy atom. The lowest BCUT2D eigenvalue weighted by molar-refractivity contribution is 0.349. The van der Waals surface area contributed by atoms with Gasteiger partial charge in [-0.15, -0.1) is 0 Å². The van der Waals surface area contributed by atoms with Crippen LogP contribution in [-0.2, 0) is 19.7 Å². The summed E-state index contributed by atoms with van der Waals surface area (Å²) in [5, 5.41) is 0. The number of halogens is 2. The van der Waals surface area contributed by atoms with E-state index in [-0.39, 0.29) is 17.4 Å². The second-order valence-electron chi connectivity index (χ2n) is 8.73. The molecule has 2 aliphatic heterocycles. The van der Waals surface area contributed by atoms with Gasteiger partial charge in [-0.25, -0.2) is 16.8 Å². The maximum atomic E-state index is 13.1. The van der Waals surface area contributed by atoms with Crippen molar-refractivity contribution >= 4 is 51.5 Å². The van der Waals surface area contributed by atoms with Crippen LogP contribution in [0.2, 0.25) is 0 Å². The van der Waals surface area contributed by atoms with Crippen molar-refractivity contribution in [2.24, 2.45) is 16.9 Å². The molecule has 0 radical (unpaired) electrons. The Morgan fingerprint density at radius 3 is 1.34 bits per heavy atom. The average molecular weight is 612 g/mol. The second-order valence-corrected chi connectivity index (χ2v) is 15.2. The van der Waals surface area contributed by atoms with E-state index in [4.69, 9.17) is 11.5 Å². The van der Waals surface area contributed by atoms with Crippen LogP contribution in [0.4, 0.5) is 0 Å². The highest BCUT2D eigenvalue weighted by Gasteiger charge is 2.57. The molecule has 0 aromatic carbocycles. The quantitative estimate of drug-likeness (QED) is 0.282. The van der Waals surface area contributed by atoms with Crippen molar-refractivity contribution in [3.05, 3.63) is 40.7 Å². The molecule has 4 N–H and O–H groups in total. The first kappa shape index (κ1) is 26.3. The fraction of sp³-hybridized carbons (Fsp3) is 0.636. The molecule has 0 aromatic rings. The predicted octanol–water partition coefficient (Wildman–Crippen LogP) is 5.03. The Balaban J connectivity index is 1.99. The standard InChI is InChI=1S/C22H32Br2N2O4S2/c23-18-14-16-20(31(18,27)28)21-17(15-19(24)32(21,29)30)22(16,11-7-3-5-9-13-26)10-6-2-1-4-8-12-25/h14-15H,1-13,25-26H2. The molecule has 3 rings (SSSR count). The lowest BCUT2D eigenvalue weighted by Gasteiger charge is -2.33. The molecule has 2 heterocycles. The average Bonchev–Trinajstić information content (AvgIpc) is 3.23. The third-order valence-corrected chi connectivity index (χ3v) is 13.0. The van der Waals surface area contributed by atoms with Gasteiger partial charge in [-0.2, -0.15) is 0 Å². The zero-order valence-corrected chi connectivity index (χ0v) is 23.0. The summed E-state index contributed by atoms with van der Waals surface area (Å²) in [7, 11) is -7.74. The summed E-state index contributed by atoms with van der Waals surface area (Å²) in [5.41, 5.74) is 11.9. The minimum atomic E-state index is -3.87. The number of sulfone groups is 2. The van der Waals surface area contributed by atoms with Crippen LogP contribution < -0.4 is 11.5 Å². The Hall–Kier alpha value is -0.260. The molecule has 0 spiro atoms. The van der Waals surface area contributed by atoms with E-state index in [1.807, 2.05) is 0 Å². The van der Waals surface area contributed by atoms with Crippen molar-refractivity contribution in [1.82, 2.24) is 0 Å². The molecule has 0 saturated carbocycles. The molecular weight excluding hydrogens is 580 g/mol. The Labute approximate surface area is 208 Å². The van der Waals surface area contributed by atoms with Gasteiger partial charge in [0.2, 0.25) is 19.7 Å². The van der Waals surface area contributed by atoms with Crippen LogP contribution in [-0.4, -0.2) is 29.9 Å². The molecular formula is C22H32Br2N2O4S2. The van der Waals surface area contributed by atoms with E-state index < -0.39 is 25.1 Å². The van der Waals surface area contributed by atoms with Gasteiger partial charge < -0.3 is 11.5 Å². The zero-order valence-electron chi connectivity index (χ0n) is 18.2. The molecule has 10 heteroatoms. The minimum absolute atomic E-state index is 0.0184. The topological polar surface area (TPSA) is 120 Å². The zero-order chi connectivity index (χ0) is 23.6. The SMILES string of the molecule is NCCCCCCCC1(CCCCCCN)C2=C(C3=C1C=C(Br)S3(=O)=O)S(=O)(=O)C(Br)=C2. The van der Waals surface area contributed by atoms with Gasteiger partial charge in [-0.3, -0.25) is 0 Å². The summed E-state index contributed by atoms with van der Waals surface area (Å²) in [6, 6.07) is 0. The van der Waals surface area contributed by atoms with Crippen molar-refractivity contribution < 1.29 is 16.8 Å². The number of fused-ring (bicyclic) bond motifs is 1. The van der Waals surface area contributed by atoms with Crippen molar-refractivity contribution in [2.75, 3.05) is 13.1 Å². The normalized spacial score (nSPS) is 22.2. The third kappa shape index (κ3) is 4.64. The molecule has 0 fully saturated rings. The van der Waals surface area contributed by atoms with Gasteiger partial charge in [0.15, 0.2) is 0 Å². The number of nitrogens with two attached hydrogens (primary N) is 2. The Bertz CT molecular complexity index is 1020. The molecule has 0 saturated heterocycles. The lowest BCUT2D eigenvalue weighted by atomic mass is 9.69. The summed E-state index contributed by atoms with van der Waals surface area (Å²) in [4.78, 5) is -0.0367. The van der Waals surface area contributed by atoms with E-state index in [1.54, 1.807) is 12.2 Å². The molecule has 0 amide bonds. The van der Waals surface area contributed by atoms with Gasteiger partial charge in [0.25, 0.3) is 0 Å². The van der Waals surface area contributed by atoms with Crippen molar-refractivity contribution in [2.45, 2.75) is 70.6 Å². The van der Waals surface area contributed by atoms with E-state index >= 15 is 0 Å². The van der Waals surface area contributed by atoms with E-state index in [9.17, 15) is 16.8 Å². The first-order valence-corrected chi connectivity index (χ1v) is 15.8. The molecule has 32 heavy (non-hydrogen) atoms.